The van der Waals surface area contributed by atoms with Crippen molar-refractivity contribution in [3.8, 4) is 5.75 Å². The number of alkyl halides is 3. The third-order valence-electron chi connectivity index (χ3n) is 3.64. The number of hydrogen-bond acceptors (Lipinski definition) is 3. The van der Waals surface area contributed by atoms with E-state index in [1.54, 1.807) is 0 Å². The number of rotatable bonds is 6. The minimum absolute atomic E-state index is 0.0850. The second-order valence-corrected chi connectivity index (χ2v) is 6.14. The van der Waals surface area contributed by atoms with E-state index in [4.69, 9.17) is 17.3 Å². The maximum Gasteiger partial charge on any atom is 0.573 e. The molecule has 0 bridgehead atoms. The fourth-order valence-corrected chi connectivity index (χ4v) is 2.42. The zero-order chi connectivity index (χ0) is 18.1. The van der Waals surface area contributed by atoms with E-state index >= 15 is 0 Å². The summed E-state index contributed by atoms with van der Waals surface area (Å²) in [5, 5.41) is -0.0850. The van der Waals surface area contributed by atoms with Crippen molar-refractivity contribution in [2.45, 2.75) is 32.2 Å². The number of benzene rings is 1. The number of amides is 2. The van der Waals surface area contributed by atoms with Crippen LogP contribution in [0.25, 0.3) is 0 Å². The van der Waals surface area contributed by atoms with Crippen molar-refractivity contribution < 1.29 is 27.5 Å². The second-order valence-electron chi connectivity index (χ2n) is 5.70. The Hall–Kier alpha value is -1.96. The lowest BCUT2D eigenvalue weighted by atomic mass is 10.1. The fraction of sp³-hybridized carbons (Fsp3) is 0.467. The molecule has 1 saturated carbocycles. The number of nitrogens with two attached hydrogens (primary N) is 1. The van der Waals surface area contributed by atoms with Gasteiger partial charge in [0.15, 0.2) is 0 Å². The van der Waals surface area contributed by atoms with Gasteiger partial charge in [0, 0.05) is 17.1 Å². The van der Waals surface area contributed by atoms with Crippen molar-refractivity contribution in [1.29, 1.82) is 0 Å². The first-order valence-electron chi connectivity index (χ1n) is 7.23. The van der Waals surface area contributed by atoms with E-state index in [-0.39, 0.29) is 16.5 Å². The Kier molecular flexibility index (Phi) is 5.27. The zero-order valence-corrected chi connectivity index (χ0v) is 13.5. The van der Waals surface area contributed by atoms with Gasteiger partial charge in [-0.1, -0.05) is 11.6 Å². The lowest BCUT2D eigenvalue weighted by Crippen LogP contribution is -2.47. The van der Waals surface area contributed by atoms with E-state index in [0.29, 0.717) is 6.54 Å². The summed E-state index contributed by atoms with van der Waals surface area (Å²) in [5.41, 5.74) is 5.16. The molecular weight excluding hydrogens is 349 g/mol. The minimum Gasteiger partial charge on any atom is -0.406 e. The summed E-state index contributed by atoms with van der Waals surface area (Å²) < 4.78 is 40.9. The van der Waals surface area contributed by atoms with Crippen molar-refractivity contribution in [3.63, 3.8) is 0 Å². The van der Waals surface area contributed by atoms with Gasteiger partial charge in [-0.2, -0.15) is 0 Å². The SMILES string of the molecule is CC(C(N)=O)N(CC1CC1)C(=O)c1cc(Cl)cc(OC(F)(F)F)c1. The molecule has 2 N–H and O–H groups in total. The van der Waals surface area contributed by atoms with E-state index in [1.807, 2.05) is 0 Å². The maximum absolute atomic E-state index is 12.6. The van der Waals surface area contributed by atoms with Crippen LogP contribution in [0.1, 0.15) is 30.1 Å². The molecule has 1 aliphatic carbocycles. The van der Waals surface area contributed by atoms with Crippen LogP contribution in [0, 0.1) is 5.92 Å². The van der Waals surface area contributed by atoms with Crippen molar-refractivity contribution in [2.24, 2.45) is 11.7 Å². The van der Waals surface area contributed by atoms with Gasteiger partial charge in [0.25, 0.3) is 5.91 Å². The largest absolute Gasteiger partial charge is 0.573 e. The summed E-state index contributed by atoms with van der Waals surface area (Å²) in [6, 6.07) is 2.23. The number of ether oxygens (including phenoxy) is 1. The number of carbonyl (C=O) groups is 2. The molecule has 9 heteroatoms. The summed E-state index contributed by atoms with van der Waals surface area (Å²) >= 11 is 5.78. The van der Waals surface area contributed by atoms with Gasteiger partial charge in [-0.15, -0.1) is 13.2 Å². The maximum atomic E-state index is 12.6. The number of carbonyl (C=O) groups excluding carboxylic acids is 2. The molecule has 1 aromatic rings. The highest BCUT2D eigenvalue weighted by Gasteiger charge is 2.34. The van der Waals surface area contributed by atoms with Crippen LogP contribution >= 0.6 is 11.6 Å². The molecule has 0 aliphatic heterocycles. The van der Waals surface area contributed by atoms with Crippen LogP contribution in [-0.2, 0) is 4.79 Å². The molecule has 0 spiro atoms. The molecule has 1 atom stereocenters. The van der Waals surface area contributed by atoms with Gasteiger partial charge >= 0.3 is 6.36 Å². The van der Waals surface area contributed by atoms with Gasteiger partial charge in [0.05, 0.1) is 0 Å². The highest BCUT2D eigenvalue weighted by Crippen LogP contribution is 2.32. The summed E-state index contributed by atoms with van der Waals surface area (Å²) in [5.74, 6) is -1.65. The van der Waals surface area contributed by atoms with Crippen LogP contribution < -0.4 is 10.5 Å². The molecule has 2 amide bonds. The standard InChI is InChI=1S/C15H16ClF3N2O3/c1-8(13(20)22)21(7-9-2-3-9)14(23)10-4-11(16)6-12(5-10)24-15(17,18)19/h4-6,8-9H,2-3,7H2,1H3,(H2,20,22). The zero-order valence-electron chi connectivity index (χ0n) is 12.8. The summed E-state index contributed by atoms with van der Waals surface area (Å²) in [6.07, 6.45) is -3.06. The first-order chi connectivity index (χ1) is 11.1. The molecular formula is C15H16ClF3N2O3. The Labute approximate surface area is 141 Å². The lowest BCUT2D eigenvalue weighted by molar-refractivity contribution is -0.274. The topological polar surface area (TPSA) is 72.6 Å². The predicted octanol–water partition coefficient (Wildman–Crippen LogP) is 2.96. The van der Waals surface area contributed by atoms with E-state index in [1.165, 1.54) is 17.9 Å². The Morgan fingerprint density at radius 2 is 2.00 bits per heavy atom. The average Bonchev–Trinajstić information content (AvgIpc) is 3.24. The Bertz CT molecular complexity index is 647. The van der Waals surface area contributed by atoms with E-state index in [0.717, 1.165) is 25.0 Å². The molecule has 24 heavy (non-hydrogen) atoms. The lowest BCUT2D eigenvalue weighted by Gasteiger charge is -2.27. The number of primary amides is 1. The van der Waals surface area contributed by atoms with Crippen molar-refractivity contribution in [2.75, 3.05) is 6.54 Å². The average molecular weight is 365 g/mol. The van der Waals surface area contributed by atoms with Gasteiger partial charge in [-0.3, -0.25) is 9.59 Å². The van der Waals surface area contributed by atoms with Gasteiger partial charge in [-0.05, 0) is 43.9 Å². The van der Waals surface area contributed by atoms with Crippen LogP contribution in [0.2, 0.25) is 5.02 Å². The minimum atomic E-state index is -4.90. The molecule has 1 aromatic carbocycles. The monoisotopic (exact) mass is 364 g/mol. The Morgan fingerprint density at radius 1 is 1.38 bits per heavy atom. The molecule has 0 aromatic heterocycles. The molecule has 0 heterocycles. The van der Waals surface area contributed by atoms with Gasteiger partial charge in [-0.25, -0.2) is 0 Å². The fourth-order valence-electron chi connectivity index (χ4n) is 2.19. The van der Waals surface area contributed by atoms with Crippen LogP contribution in [0.3, 0.4) is 0 Å². The van der Waals surface area contributed by atoms with Gasteiger partial charge in [0.1, 0.15) is 11.8 Å². The Balaban J connectivity index is 2.29. The smallest absolute Gasteiger partial charge is 0.406 e. The summed E-state index contributed by atoms with van der Waals surface area (Å²) in [7, 11) is 0. The summed E-state index contributed by atoms with van der Waals surface area (Å²) in [6.45, 7) is 1.78. The Morgan fingerprint density at radius 3 is 2.50 bits per heavy atom. The molecule has 0 saturated heterocycles. The van der Waals surface area contributed by atoms with Crippen LogP contribution in [0.15, 0.2) is 18.2 Å². The van der Waals surface area contributed by atoms with Crippen LogP contribution in [0.4, 0.5) is 13.2 Å². The predicted molar refractivity (Wildman–Crippen MR) is 80.6 cm³/mol. The normalized spacial score (nSPS) is 15.7. The quantitative estimate of drug-likeness (QED) is 0.843. The number of halogens is 4. The third kappa shape index (κ3) is 5.02. The van der Waals surface area contributed by atoms with E-state index in [2.05, 4.69) is 4.74 Å². The van der Waals surface area contributed by atoms with E-state index in [9.17, 15) is 22.8 Å². The molecule has 1 aliphatic rings. The molecule has 1 unspecified atom stereocenters. The number of hydrogen-bond donors (Lipinski definition) is 1. The van der Waals surface area contributed by atoms with Gasteiger partial charge in [0.2, 0.25) is 5.91 Å². The highest BCUT2D eigenvalue weighted by molar-refractivity contribution is 6.31. The molecule has 0 radical (unpaired) electrons. The van der Waals surface area contributed by atoms with Crippen molar-refractivity contribution in [1.82, 2.24) is 4.90 Å². The van der Waals surface area contributed by atoms with Gasteiger partial charge < -0.3 is 15.4 Å². The molecule has 5 nitrogen and oxygen atoms in total. The first kappa shape index (κ1) is 18.4. The van der Waals surface area contributed by atoms with E-state index < -0.39 is 30.0 Å². The third-order valence-corrected chi connectivity index (χ3v) is 3.86. The van der Waals surface area contributed by atoms with Crippen LogP contribution in [-0.4, -0.2) is 35.7 Å². The second kappa shape index (κ2) is 6.88. The van der Waals surface area contributed by atoms with Crippen molar-refractivity contribution in [3.05, 3.63) is 28.8 Å². The highest BCUT2D eigenvalue weighted by atomic mass is 35.5. The van der Waals surface area contributed by atoms with Crippen LogP contribution in [0.5, 0.6) is 5.75 Å². The number of nitrogens with zero attached hydrogens (tertiary/aromatic N) is 1. The van der Waals surface area contributed by atoms with Crippen molar-refractivity contribution >= 4 is 23.4 Å². The summed E-state index contributed by atoms with van der Waals surface area (Å²) in [4.78, 5) is 25.3. The molecule has 1 fully saturated rings. The molecule has 2 rings (SSSR count). The molecule has 132 valence electrons. The first-order valence-corrected chi connectivity index (χ1v) is 7.61.